The minimum Gasteiger partial charge on any atom is -0.311 e. The van der Waals surface area contributed by atoms with Crippen LogP contribution in [0.15, 0.2) is 72.8 Å². The highest BCUT2D eigenvalue weighted by Crippen LogP contribution is 2.56. The first-order valence-electron chi connectivity index (χ1n) is 20.7. The normalized spacial score (nSPS) is 32.8. The lowest BCUT2D eigenvalue weighted by atomic mass is 9.44. The van der Waals surface area contributed by atoms with Gasteiger partial charge in [-0.1, -0.05) is 75.4 Å². The average Bonchev–Trinajstić information content (AvgIpc) is 3.53. The van der Waals surface area contributed by atoms with Crippen molar-refractivity contribution in [2.45, 2.75) is 110 Å². The Morgan fingerprint density at radius 3 is 1.90 bits per heavy atom. The minimum absolute atomic E-state index is 0.00604. The van der Waals surface area contributed by atoms with Gasteiger partial charge in [0.05, 0.1) is 5.52 Å². The molecule has 11 rings (SSSR count). The summed E-state index contributed by atoms with van der Waals surface area (Å²) >= 11 is 0. The van der Waals surface area contributed by atoms with Gasteiger partial charge in [-0.2, -0.15) is 0 Å². The van der Waals surface area contributed by atoms with Crippen LogP contribution >= 0.6 is 0 Å². The predicted octanol–water partition coefficient (Wildman–Crippen LogP) is 10.4. The minimum atomic E-state index is -0.00604. The van der Waals surface area contributed by atoms with Crippen molar-refractivity contribution in [3.8, 4) is 11.1 Å². The van der Waals surface area contributed by atoms with Crippen LogP contribution in [0.3, 0.4) is 0 Å². The number of nitrogens with zero attached hydrogens (tertiary/aromatic N) is 4. The van der Waals surface area contributed by atoms with Gasteiger partial charge in [0.25, 0.3) is 0 Å². The summed E-state index contributed by atoms with van der Waals surface area (Å²) in [5.41, 5.74) is 16.4. The van der Waals surface area contributed by atoms with E-state index in [-0.39, 0.29) is 12.3 Å². The SMILES string of the molecule is Cc1cc2c3c(c1)N(c1ccc(C45C[C@H](C)C[C@H](C[C@H](C)C4)C5)cc1)c1ccc([C@]45C[C@H](C)C[C@H](C[C@H](C)C4)C5)cc1B3n1nnc3cccc-2c31. The van der Waals surface area contributed by atoms with E-state index in [4.69, 9.17) is 10.3 Å². The molecule has 1 aromatic heterocycles. The van der Waals surface area contributed by atoms with Crippen LogP contribution in [-0.4, -0.2) is 21.8 Å². The Bertz CT molecular complexity index is 2210. The Kier molecular flexibility index (Phi) is 6.75. The number of hydrogen-bond acceptors (Lipinski definition) is 3. The maximum absolute atomic E-state index is 4.95. The second-order valence-electron chi connectivity index (χ2n) is 19.4. The molecule has 3 heterocycles. The molecule has 4 bridgehead atoms. The molecule has 52 heavy (non-hydrogen) atoms. The van der Waals surface area contributed by atoms with Gasteiger partial charge in [-0.3, -0.25) is 4.59 Å². The second kappa shape index (κ2) is 11.1. The summed E-state index contributed by atoms with van der Waals surface area (Å²) in [6.07, 6.45) is 13.6. The van der Waals surface area contributed by atoms with E-state index in [2.05, 4.69) is 117 Å². The molecule has 4 aromatic carbocycles. The van der Waals surface area contributed by atoms with E-state index in [0.717, 1.165) is 41.0 Å². The lowest BCUT2D eigenvalue weighted by Crippen LogP contribution is -2.57. The van der Waals surface area contributed by atoms with Gasteiger partial charge >= 0.3 is 6.85 Å². The summed E-state index contributed by atoms with van der Waals surface area (Å²) in [6, 6.07) is 29.1. The number of aryl methyl sites for hydroxylation is 1. The molecular weight excluding hydrogens is 631 g/mol. The van der Waals surface area contributed by atoms with Gasteiger partial charge in [0.15, 0.2) is 0 Å². The zero-order chi connectivity index (χ0) is 35.1. The zero-order valence-corrected chi connectivity index (χ0v) is 31.8. The highest BCUT2D eigenvalue weighted by molar-refractivity contribution is 6.89. The van der Waals surface area contributed by atoms with Gasteiger partial charge in [-0.05, 0) is 181 Å². The quantitative estimate of drug-likeness (QED) is 0.174. The van der Waals surface area contributed by atoms with Gasteiger partial charge in [0.1, 0.15) is 5.52 Å². The number of fused-ring (bicyclic) bond motifs is 8. The van der Waals surface area contributed by atoms with E-state index in [1.54, 1.807) is 11.1 Å². The lowest BCUT2D eigenvalue weighted by Gasteiger charge is -2.51. The van der Waals surface area contributed by atoms with Crippen molar-refractivity contribution in [1.29, 1.82) is 0 Å². The summed E-state index contributed by atoms with van der Waals surface area (Å²) in [5, 5.41) is 9.72. The Labute approximate surface area is 310 Å². The van der Waals surface area contributed by atoms with E-state index in [0.29, 0.717) is 5.41 Å². The van der Waals surface area contributed by atoms with Crippen LogP contribution in [0.25, 0.3) is 22.2 Å². The molecule has 0 spiro atoms. The smallest absolute Gasteiger partial charge is 0.311 e. The molecule has 5 heteroatoms. The molecule has 5 aromatic rings. The molecular formula is C47H53BN4. The lowest BCUT2D eigenvalue weighted by molar-refractivity contribution is 0.0779. The molecule has 0 amide bonds. The largest absolute Gasteiger partial charge is 0.356 e. The summed E-state index contributed by atoms with van der Waals surface area (Å²) in [7, 11) is 0. The standard InChI is InChI=1S/C47H53BN4/c1-28-19-39-38-7-6-8-41-45(38)52(50-49-41)48-40-21-36(47-24-31(4)17-34(27-47)18-32(5)25-47)11-14-42(40)51(43(20-28)44(39)48)37-12-9-35(10-13-37)46-22-29(2)15-33(26-46)16-30(3)23-46/h6-14,19-21,29-34H,15-18,22-27H2,1-5H3/t29-,30+,31-,32+,33-,34-,46?,47-. The molecule has 4 nitrogen and oxygen atoms in total. The average molecular weight is 685 g/mol. The van der Waals surface area contributed by atoms with E-state index in [1.807, 2.05) is 0 Å². The molecule has 0 saturated heterocycles. The third-order valence-electron chi connectivity index (χ3n) is 15.0. The van der Waals surface area contributed by atoms with Gasteiger partial charge in [-0.15, -0.1) is 5.10 Å². The van der Waals surface area contributed by atoms with Gasteiger partial charge in [0.2, 0.25) is 0 Å². The Hall–Kier alpha value is -3.86. The number of aromatic nitrogens is 3. The fraction of sp³-hybridized carbons (Fsp3) is 0.489. The zero-order valence-electron chi connectivity index (χ0n) is 31.8. The Morgan fingerprint density at radius 1 is 0.635 bits per heavy atom. The summed E-state index contributed by atoms with van der Waals surface area (Å²) in [6.45, 7) is 12.3. The van der Waals surface area contributed by atoms with E-state index in [1.165, 1.54) is 114 Å². The highest BCUT2D eigenvalue weighted by atomic mass is 15.4. The summed E-state index contributed by atoms with van der Waals surface area (Å²) < 4.78 is 2.27. The number of para-hydroxylation sites is 1. The van der Waals surface area contributed by atoms with Crippen LogP contribution in [-0.2, 0) is 10.8 Å². The van der Waals surface area contributed by atoms with Crippen molar-refractivity contribution in [3.63, 3.8) is 0 Å². The number of hydrogen-bond donors (Lipinski definition) is 0. The topological polar surface area (TPSA) is 34.0 Å². The van der Waals surface area contributed by atoms with Crippen molar-refractivity contribution in [2.24, 2.45) is 35.5 Å². The molecule has 4 saturated carbocycles. The number of anilines is 3. The van der Waals surface area contributed by atoms with Crippen LogP contribution in [0, 0.1) is 42.4 Å². The van der Waals surface area contributed by atoms with Crippen LogP contribution in [0.5, 0.6) is 0 Å². The molecule has 4 aliphatic carbocycles. The molecule has 0 N–H and O–H groups in total. The van der Waals surface area contributed by atoms with Crippen molar-refractivity contribution >= 4 is 45.9 Å². The van der Waals surface area contributed by atoms with Crippen LogP contribution in [0.1, 0.15) is 109 Å². The fourth-order valence-corrected chi connectivity index (χ4v) is 14.1. The van der Waals surface area contributed by atoms with E-state index >= 15 is 0 Å². The first-order chi connectivity index (χ1) is 25.2. The summed E-state index contributed by atoms with van der Waals surface area (Å²) in [5.74, 6) is 4.90. The fourth-order valence-electron chi connectivity index (χ4n) is 14.1. The molecule has 0 radical (unpaired) electrons. The van der Waals surface area contributed by atoms with Gasteiger partial charge in [-0.25, -0.2) is 0 Å². The van der Waals surface area contributed by atoms with Crippen molar-refractivity contribution in [2.75, 3.05) is 4.90 Å². The maximum atomic E-state index is 4.95. The van der Waals surface area contributed by atoms with Gasteiger partial charge in [0, 0.05) is 22.6 Å². The first kappa shape index (κ1) is 31.7. The van der Waals surface area contributed by atoms with Gasteiger partial charge < -0.3 is 4.90 Å². The molecule has 6 aliphatic rings. The third-order valence-corrected chi connectivity index (χ3v) is 15.0. The third kappa shape index (κ3) is 4.53. The van der Waals surface area contributed by atoms with E-state index < -0.39 is 0 Å². The Balaban J connectivity index is 1.11. The first-order valence-corrected chi connectivity index (χ1v) is 20.7. The number of rotatable bonds is 3. The maximum Gasteiger partial charge on any atom is 0.356 e. The second-order valence-corrected chi connectivity index (χ2v) is 19.4. The van der Waals surface area contributed by atoms with Crippen molar-refractivity contribution < 1.29 is 0 Å². The summed E-state index contributed by atoms with van der Waals surface area (Å²) in [4.78, 5) is 2.61. The highest BCUT2D eigenvalue weighted by Gasteiger charge is 2.49. The molecule has 1 unspecified atom stereocenters. The molecule has 2 aliphatic heterocycles. The predicted molar refractivity (Wildman–Crippen MR) is 216 cm³/mol. The molecule has 264 valence electrons. The van der Waals surface area contributed by atoms with Crippen molar-refractivity contribution in [1.82, 2.24) is 14.9 Å². The molecule has 4 fully saturated rings. The monoisotopic (exact) mass is 684 g/mol. The van der Waals surface area contributed by atoms with Crippen molar-refractivity contribution in [3.05, 3.63) is 89.5 Å². The van der Waals surface area contributed by atoms with Crippen LogP contribution < -0.4 is 15.8 Å². The molecule has 8 atom stereocenters. The van der Waals surface area contributed by atoms with E-state index in [9.17, 15) is 0 Å². The number of benzene rings is 4. The van der Waals surface area contributed by atoms with Crippen LogP contribution in [0.2, 0.25) is 0 Å². The van der Waals surface area contributed by atoms with Crippen LogP contribution in [0.4, 0.5) is 17.1 Å². The Morgan fingerprint density at radius 2 is 1.25 bits per heavy atom.